The van der Waals surface area contributed by atoms with Gasteiger partial charge in [0.25, 0.3) is 5.91 Å². The van der Waals surface area contributed by atoms with Gasteiger partial charge in [0.2, 0.25) is 5.91 Å². The van der Waals surface area contributed by atoms with E-state index < -0.39 is 5.54 Å². The van der Waals surface area contributed by atoms with Crippen molar-refractivity contribution < 1.29 is 14.3 Å². The normalized spacial score (nSPS) is 20.8. The van der Waals surface area contributed by atoms with Crippen molar-refractivity contribution in [3.8, 4) is 16.9 Å². The molecule has 1 spiro atoms. The van der Waals surface area contributed by atoms with Crippen LogP contribution in [0.3, 0.4) is 0 Å². The van der Waals surface area contributed by atoms with Crippen LogP contribution < -0.4 is 15.4 Å². The van der Waals surface area contributed by atoms with Gasteiger partial charge >= 0.3 is 0 Å². The average molecular weight is 420 g/mol. The van der Waals surface area contributed by atoms with Gasteiger partial charge in [-0.05, 0) is 67.5 Å². The fourth-order valence-corrected chi connectivity index (χ4v) is 4.35. The van der Waals surface area contributed by atoms with Gasteiger partial charge in [-0.3, -0.25) is 9.59 Å². The van der Waals surface area contributed by atoms with Crippen LogP contribution in [0, 0.1) is 0 Å². The number of ether oxygens (including phenoxy) is 1. The van der Waals surface area contributed by atoms with Gasteiger partial charge in [-0.2, -0.15) is 0 Å². The summed E-state index contributed by atoms with van der Waals surface area (Å²) in [5, 5.41) is 6.40. The van der Waals surface area contributed by atoms with Gasteiger partial charge < -0.3 is 20.3 Å². The maximum atomic E-state index is 13.1. The first kappa shape index (κ1) is 20.1. The van der Waals surface area contributed by atoms with Crippen molar-refractivity contribution in [1.29, 1.82) is 0 Å². The molecule has 3 fully saturated rings. The van der Waals surface area contributed by atoms with Crippen LogP contribution in [0.15, 0.2) is 48.5 Å². The largest absolute Gasteiger partial charge is 0.490 e. The minimum absolute atomic E-state index is 0.00187. The number of nitrogens with one attached hydrogen (secondary N) is 2. The minimum atomic E-state index is -0.418. The molecule has 2 aliphatic carbocycles. The van der Waals surface area contributed by atoms with Crippen molar-refractivity contribution in [2.24, 2.45) is 0 Å². The minimum Gasteiger partial charge on any atom is -0.490 e. The lowest BCUT2D eigenvalue weighted by molar-refractivity contribution is -0.130. The molecule has 1 heterocycles. The summed E-state index contributed by atoms with van der Waals surface area (Å²) < 4.78 is 5.90. The maximum absolute atomic E-state index is 13.1. The predicted octanol–water partition coefficient (Wildman–Crippen LogP) is 2.98. The monoisotopic (exact) mass is 419 g/mol. The number of carbonyl (C=O) groups excluding carboxylic acids is 2. The van der Waals surface area contributed by atoms with Gasteiger partial charge in [-0.15, -0.1) is 0 Å². The van der Waals surface area contributed by atoms with Crippen LogP contribution in [-0.2, 0) is 4.79 Å². The third kappa shape index (κ3) is 4.30. The number of nitrogens with zero attached hydrogens (tertiary/aromatic N) is 1. The molecule has 0 bridgehead atoms. The summed E-state index contributed by atoms with van der Waals surface area (Å²) in [6.45, 7) is 2.23. The molecular weight excluding hydrogens is 390 g/mol. The molecular formula is C25H29N3O3. The Hall–Kier alpha value is -2.86. The van der Waals surface area contributed by atoms with Crippen molar-refractivity contribution in [2.75, 3.05) is 26.2 Å². The molecule has 2 aromatic carbocycles. The van der Waals surface area contributed by atoms with Crippen molar-refractivity contribution in [2.45, 2.75) is 43.7 Å². The number of rotatable bonds is 4. The van der Waals surface area contributed by atoms with E-state index in [2.05, 4.69) is 22.8 Å². The zero-order valence-electron chi connectivity index (χ0n) is 17.7. The third-order valence-corrected chi connectivity index (χ3v) is 6.57. The number of carbonyl (C=O) groups is 2. The SMILES string of the molecule is O=C(c1ccc(-c2cccc(OC3CC3)c2)cc1)N1CCNC(=O)C2(CCC2)NCC1. The maximum Gasteiger partial charge on any atom is 0.253 e. The van der Waals surface area contributed by atoms with Crippen LogP contribution in [0.25, 0.3) is 11.1 Å². The third-order valence-electron chi connectivity index (χ3n) is 6.57. The van der Waals surface area contributed by atoms with Gasteiger partial charge in [-0.25, -0.2) is 0 Å². The fraction of sp³-hybridized carbons (Fsp3) is 0.440. The quantitative estimate of drug-likeness (QED) is 0.799. The summed E-state index contributed by atoms with van der Waals surface area (Å²) in [6.07, 6.45) is 5.47. The molecule has 0 radical (unpaired) electrons. The van der Waals surface area contributed by atoms with Crippen LogP contribution in [0.2, 0.25) is 0 Å². The number of amides is 2. The van der Waals surface area contributed by atoms with Gasteiger partial charge in [0.05, 0.1) is 11.6 Å². The Kier molecular flexibility index (Phi) is 5.40. The predicted molar refractivity (Wildman–Crippen MR) is 119 cm³/mol. The zero-order valence-corrected chi connectivity index (χ0v) is 17.7. The Morgan fingerprint density at radius 3 is 2.48 bits per heavy atom. The van der Waals surface area contributed by atoms with Crippen LogP contribution in [0.4, 0.5) is 0 Å². The molecule has 1 saturated heterocycles. The highest BCUT2D eigenvalue weighted by Crippen LogP contribution is 2.32. The van der Waals surface area contributed by atoms with Gasteiger partial charge in [0.1, 0.15) is 5.75 Å². The highest BCUT2D eigenvalue weighted by Gasteiger charge is 2.43. The summed E-state index contributed by atoms with van der Waals surface area (Å²) in [4.78, 5) is 27.4. The molecule has 162 valence electrons. The Morgan fingerprint density at radius 1 is 1.00 bits per heavy atom. The number of benzene rings is 2. The highest BCUT2D eigenvalue weighted by molar-refractivity contribution is 5.95. The Bertz CT molecular complexity index is 964. The fourth-order valence-electron chi connectivity index (χ4n) is 4.35. The second-order valence-corrected chi connectivity index (χ2v) is 8.83. The van der Waals surface area contributed by atoms with E-state index >= 15 is 0 Å². The Morgan fingerprint density at radius 2 is 1.77 bits per heavy atom. The van der Waals surface area contributed by atoms with Gasteiger partial charge in [0, 0.05) is 31.7 Å². The lowest BCUT2D eigenvalue weighted by Crippen LogP contribution is -2.61. The van der Waals surface area contributed by atoms with Crippen molar-refractivity contribution in [3.05, 3.63) is 54.1 Å². The summed E-state index contributed by atoms with van der Waals surface area (Å²) in [7, 11) is 0. The first-order valence-corrected chi connectivity index (χ1v) is 11.3. The molecule has 2 N–H and O–H groups in total. The Balaban J connectivity index is 1.26. The van der Waals surface area contributed by atoms with Crippen LogP contribution >= 0.6 is 0 Å². The summed E-state index contributed by atoms with van der Waals surface area (Å²) in [6, 6.07) is 15.9. The highest BCUT2D eigenvalue weighted by atomic mass is 16.5. The molecule has 2 amide bonds. The van der Waals surface area contributed by atoms with Crippen LogP contribution in [0.1, 0.15) is 42.5 Å². The number of hydrogen-bond donors (Lipinski definition) is 2. The van der Waals surface area contributed by atoms with Gasteiger partial charge in [-0.1, -0.05) is 24.3 Å². The van der Waals surface area contributed by atoms with E-state index in [-0.39, 0.29) is 11.8 Å². The lowest BCUT2D eigenvalue weighted by Gasteiger charge is -2.40. The first-order chi connectivity index (χ1) is 15.1. The van der Waals surface area contributed by atoms with E-state index in [1.165, 1.54) is 0 Å². The second-order valence-electron chi connectivity index (χ2n) is 8.83. The first-order valence-electron chi connectivity index (χ1n) is 11.3. The van der Waals surface area contributed by atoms with E-state index in [1.54, 1.807) is 0 Å². The van der Waals surface area contributed by atoms with Crippen molar-refractivity contribution >= 4 is 11.8 Å². The topological polar surface area (TPSA) is 70.7 Å². The van der Waals surface area contributed by atoms with E-state index in [9.17, 15) is 9.59 Å². The number of hydrogen-bond acceptors (Lipinski definition) is 4. The van der Waals surface area contributed by atoms with Gasteiger partial charge in [0.15, 0.2) is 0 Å². The van der Waals surface area contributed by atoms with Crippen molar-refractivity contribution in [3.63, 3.8) is 0 Å². The molecule has 0 unspecified atom stereocenters. The summed E-state index contributed by atoms with van der Waals surface area (Å²) >= 11 is 0. The molecule has 2 saturated carbocycles. The molecule has 0 aromatic heterocycles. The van der Waals surface area contributed by atoms with Crippen LogP contribution in [0.5, 0.6) is 5.75 Å². The van der Waals surface area contributed by atoms with Crippen molar-refractivity contribution in [1.82, 2.24) is 15.5 Å². The van der Waals surface area contributed by atoms with E-state index in [0.29, 0.717) is 37.8 Å². The molecule has 1 aliphatic heterocycles. The lowest BCUT2D eigenvalue weighted by atomic mass is 9.76. The summed E-state index contributed by atoms with van der Waals surface area (Å²) in [5.74, 6) is 0.971. The molecule has 3 aliphatic rings. The standard InChI is InChI=1S/C25H29N3O3/c29-23(28-15-13-26-24(30)25(11-2-12-25)27-14-16-28)19-7-5-18(6-8-19)20-3-1-4-22(17-20)31-21-9-10-21/h1,3-8,17,21,27H,2,9-16H2,(H,26,30). The van der Waals surface area contributed by atoms with E-state index in [4.69, 9.17) is 4.74 Å². The molecule has 6 heteroatoms. The molecule has 0 atom stereocenters. The average Bonchev–Trinajstić information content (AvgIpc) is 3.56. The molecule has 5 rings (SSSR count). The van der Waals surface area contributed by atoms with Crippen LogP contribution in [-0.4, -0.2) is 54.5 Å². The molecule has 31 heavy (non-hydrogen) atoms. The molecule has 2 aromatic rings. The summed E-state index contributed by atoms with van der Waals surface area (Å²) in [5.41, 5.74) is 2.39. The van der Waals surface area contributed by atoms with E-state index in [1.807, 2.05) is 41.3 Å². The smallest absolute Gasteiger partial charge is 0.253 e. The molecule has 6 nitrogen and oxygen atoms in total. The Labute approximate surface area is 183 Å². The van der Waals surface area contributed by atoms with E-state index in [0.717, 1.165) is 49.0 Å². The zero-order chi connectivity index (χ0) is 21.3. The second kappa shape index (κ2) is 8.35.